The van der Waals surface area contributed by atoms with E-state index in [1.807, 2.05) is 24.2 Å². The molecule has 3 fully saturated rings. The third kappa shape index (κ3) is 3.06. The van der Waals surface area contributed by atoms with Crippen molar-refractivity contribution in [2.45, 2.75) is 56.9 Å². The summed E-state index contributed by atoms with van der Waals surface area (Å²) in [5.41, 5.74) is 0. The molecule has 4 rings (SSSR count). The van der Waals surface area contributed by atoms with Crippen LogP contribution in [-0.2, 0) is 4.79 Å². The van der Waals surface area contributed by atoms with Crippen LogP contribution in [0.1, 0.15) is 56.7 Å². The normalized spacial score (nSPS) is 22.7. The fraction of sp³-hybridized carbons (Fsp3) is 0.722. The SMILES string of the molecule is CN(C(=O)C1CCC1)C1CCN(c2ccnc(C3CC3)n2)CC1. The van der Waals surface area contributed by atoms with Crippen molar-refractivity contribution in [1.82, 2.24) is 14.9 Å². The summed E-state index contributed by atoms with van der Waals surface area (Å²) in [4.78, 5) is 25.9. The number of hydrogen-bond donors (Lipinski definition) is 0. The topological polar surface area (TPSA) is 49.3 Å². The van der Waals surface area contributed by atoms with Crippen molar-refractivity contribution in [3.05, 3.63) is 18.1 Å². The molecule has 0 bridgehead atoms. The summed E-state index contributed by atoms with van der Waals surface area (Å²) in [5.74, 6) is 3.35. The standard InChI is InChI=1S/C18H26N4O/c1-21(18(23)14-3-2-4-14)15-8-11-22(12-9-15)16-7-10-19-17(20-16)13-5-6-13/h7,10,13-15H,2-6,8-9,11-12H2,1H3. The third-order valence-corrected chi connectivity index (χ3v) is 5.74. The molecule has 23 heavy (non-hydrogen) atoms. The molecule has 0 N–H and O–H groups in total. The van der Waals surface area contributed by atoms with Crippen LogP contribution in [0, 0.1) is 5.92 Å². The Labute approximate surface area is 138 Å². The molecule has 0 unspecified atom stereocenters. The molecule has 0 radical (unpaired) electrons. The van der Waals surface area contributed by atoms with Crippen molar-refractivity contribution >= 4 is 11.7 Å². The van der Waals surface area contributed by atoms with E-state index in [1.54, 1.807) is 0 Å². The molecule has 1 aliphatic heterocycles. The van der Waals surface area contributed by atoms with E-state index in [9.17, 15) is 4.79 Å². The molecule has 2 aliphatic carbocycles. The molecule has 124 valence electrons. The van der Waals surface area contributed by atoms with E-state index in [-0.39, 0.29) is 0 Å². The van der Waals surface area contributed by atoms with Gasteiger partial charge < -0.3 is 9.80 Å². The highest BCUT2D eigenvalue weighted by Gasteiger charge is 2.33. The predicted molar refractivity (Wildman–Crippen MR) is 89.4 cm³/mol. The Balaban J connectivity index is 1.35. The van der Waals surface area contributed by atoms with Crippen LogP contribution in [0.3, 0.4) is 0 Å². The number of piperidine rings is 1. The number of carbonyl (C=O) groups is 1. The van der Waals surface area contributed by atoms with E-state index >= 15 is 0 Å². The Morgan fingerprint density at radius 3 is 2.52 bits per heavy atom. The lowest BCUT2D eigenvalue weighted by molar-refractivity contribution is -0.139. The Bertz CT molecular complexity index is 574. The van der Waals surface area contributed by atoms with E-state index in [0.29, 0.717) is 23.8 Å². The molecule has 5 nitrogen and oxygen atoms in total. The number of amides is 1. The van der Waals surface area contributed by atoms with E-state index in [1.165, 1.54) is 19.3 Å². The quantitative estimate of drug-likeness (QED) is 0.857. The van der Waals surface area contributed by atoms with Crippen LogP contribution in [0.2, 0.25) is 0 Å². The van der Waals surface area contributed by atoms with Gasteiger partial charge >= 0.3 is 0 Å². The molecule has 0 spiro atoms. The summed E-state index contributed by atoms with van der Waals surface area (Å²) in [7, 11) is 2.00. The summed E-state index contributed by atoms with van der Waals surface area (Å²) >= 11 is 0. The molecular weight excluding hydrogens is 288 g/mol. The highest BCUT2D eigenvalue weighted by atomic mass is 16.2. The monoisotopic (exact) mass is 314 g/mol. The van der Waals surface area contributed by atoms with Gasteiger partial charge in [-0.2, -0.15) is 0 Å². The van der Waals surface area contributed by atoms with Crippen LogP contribution in [0.4, 0.5) is 5.82 Å². The molecule has 0 atom stereocenters. The summed E-state index contributed by atoms with van der Waals surface area (Å²) in [6.45, 7) is 1.96. The van der Waals surface area contributed by atoms with Gasteiger partial charge in [0.2, 0.25) is 5.91 Å². The Hall–Kier alpha value is -1.65. The van der Waals surface area contributed by atoms with E-state index < -0.39 is 0 Å². The van der Waals surface area contributed by atoms with E-state index in [2.05, 4.69) is 9.88 Å². The van der Waals surface area contributed by atoms with Crippen molar-refractivity contribution in [3.63, 3.8) is 0 Å². The molecule has 2 saturated carbocycles. The molecule has 1 aromatic rings. The number of anilines is 1. The van der Waals surface area contributed by atoms with Gasteiger partial charge in [-0.1, -0.05) is 6.42 Å². The van der Waals surface area contributed by atoms with E-state index in [0.717, 1.165) is 50.4 Å². The number of hydrogen-bond acceptors (Lipinski definition) is 4. The molecule has 1 aromatic heterocycles. The van der Waals surface area contributed by atoms with Gasteiger partial charge in [-0.3, -0.25) is 4.79 Å². The van der Waals surface area contributed by atoms with Crippen molar-refractivity contribution in [2.24, 2.45) is 5.92 Å². The summed E-state index contributed by atoms with van der Waals surface area (Å²) in [6.07, 6.45) is 9.85. The minimum Gasteiger partial charge on any atom is -0.356 e. The first-order chi connectivity index (χ1) is 11.2. The molecule has 3 aliphatic rings. The first kappa shape index (κ1) is 14.9. The summed E-state index contributed by atoms with van der Waals surface area (Å²) in [6, 6.07) is 2.42. The van der Waals surface area contributed by atoms with E-state index in [4.69, 9.17) is 4.98 Å². The van der Waals surface area contributed by atoms with Gasteiger partial charge in [0.1, 0.15) is 11.6 Å². The zero-order valence-corrected chi connectivity index (χ0v) is 13.9. The predicted octanol–water partition coefficient (Wildman–Crippen LogP) is 2.58. The number of nitrogens with zero attached hydrogens (tertiary/aromatic N) is 4. The second-order valence-corrected chi connectivity index (χ2v) is 7.34. The van der Waals surface area contributed by atoms with Crippen molar-refractivity contribution < 1.29 is 4.79 Å². The van der Waals surface area contributed by atoms with Crippen LogP contribution in [0.15, 0.2) is 12.3 Å². The van der Waals surface area contributed by atoms with Gasteiger partial charge in [-0.15, -0.1) is 0 Å². The summed E-state index contributed by atoms with van der Waals surface area (Å²) in [5, 5.41) is 0. The van der Waals surface area contributed by atoms with Crippen LogP contribution in [0.5, 0.6) is 0 Å². The van der Waals surface area contributed by atoms with Gasteiger partial charge in [0, 0.05) is 44.2 Å². The van der Waals surface area contributed by atoms with Gasteiger partial charge in [0.15, 0.2) is 0 Å². The zero-order valence-electron chi connectivity index (χ0n) is 13.9. The van der Waals surface area contributed by atoms with Crippen LogP contribution in [-0.4, -0.2) is 47.0 Å². The second-order valence-electron chi connectivity index (χ2n) is 7.34. The van der Waals surface area contributed by atoms with Gasteiger partial charge in [0.25, 0.3) is 0 Å². The van der Waals surface area contributed by atoms with Gasteiger partial charge in [-0.25, -0.2) is 9.97 Å². The van der Waals surface area contributed by atoms with Crippen molar-refractivity contribution in [3.8, 4) is 0 Å². The lowest BCUT2D eigenvalue weighted by atomic mass is 9.84. The van der Waals surface area contributed by atoms with Crippen LogP contribution < -0.4 is 4.90 Å². The third-order valence-electron chi connectivity index (χ3n) is 5.74. The lowest BCUT2D eigenvalue weighted by Crippen LogP contribution is -2.48. The lowest BCUT2D eigenvalue weighted by Gasteiger charge is -2.39. The van der Waals surface area contributed by atoms with Crippen molar-refractivity contribution in [2.75, 3.05) is 25.0 Å². The molecule has 0 aromatic carbocycles. The van der Waals surface area contributed by atoms with Crippen molar-refractivity contribution in [1.29, 1.82) is 0 Å². The molecule has 1 amide bonds. The first-order valence-electron chi connectivity index (χ1n) is 9.07. The average molecular weight is 314 g/mol. The number of rotatable bonds is 4. The minimum atomic E-state index is 0.306. The molecule has 2 heterocycles. The minimum absolute atomic E-state index is 0.306. The average Bonchev–Trinajstić information content (AvgIpc) is 3.38. The Morgan fingerprint density at radius 2 is 1.91 bits per heavy atom. The van der Waals surface area contributed by atoms with Gasteiger partial charge in [-0.05, 0) is 44.6 Å². The Morgan fingerprint density at radius 1 is 1.17 bits per heavy atom. The highest BCUT2D eigenvalue weighted by molar-refractivity contribution is 5.79. The fourth-order valence-electron chi connectivity index (χ4n) is 3.68. The summed E-state index contributed by atoms with van der Waals surface area (Å²) < 4.78 is 0. The first-order valence-corrected chi connectivity index (χ1v) is 9.07. The number of carbonyl (C=O) groups excluding carboxylic acids is 1. The number of aromatic nitrogens is 2. The van der Waals surface area contributed by atoms with Gasteiger partial charge in [0.05, 0.1) is 0 Å². The molecular formula is C18H26N4O. The molecule has 1 saturated heterocycles. The van der Waals surface area contributed by atoms with Crippen LogP contribution >= 0.6 is 0 Å². The largest absolute Gasteiger partial charge is 0.356 e. The van der Waals surface area contributed by atoms with Crippen LogP contribution in [0.25, 0.3) is 0 Å². The Kier molecular flexibility index (Phi) is 3.95. The zero-order chi connectivity index (χ0) is 15.8. The maximum atomic E-state index is 12.4. The maximum Gasteiger partial charge on any atom is 0.225 e. The fourth-order valence-corrected chi connectivity index (χ4v) is 3.68. The second kappa shape index (κ2) is 6.10. The maximum absolute atomic E-state index is 12.4. The smallest absolute Gasteiger partial charge is 0.225 e. The molecule has 5 heteroatoms. The highest BCUT2D eigenvalue weighted by Crippen LogP contribution is 2.38.